The highest BCUT2D eigenvalue weighted by molar-refractivity contribution is 5.77. The fraction of sp³-hybridized carbons (Fsp3) is 0.263. The monoisotopic (exact) mass is 312 g/mol. The second-order valence-corrected chi connectivity index (χ2v) is 5.42. The van der Waals surface area contributed by atoms with Crippen LogP contribution in [0.1, 0.15) is 26.7 Å². The lowest BCUT2D eigenvalue weighted by molar-refractivity contribution is -0.104. The molecule has 4 heteroatoms. The Morgan fingerprint density at radius 2 is 1.96 bits per heavy atom. The van der Waals surface area contributed by atoms with Crippen molar-refractivity contribution in [2.75, 3.05) is 6.61 Å². The second-order valence-electron chi connectivity index (χ2n) is 5.42. The van der Waals surface area contributed by atoms with Crippen LogP contribution in [0.15, 0.2) is 62.8 Å². The molecular formula is C19H20O4. The van der Waals surface area contributed by atoms with E-state index in [-0.39, 0.29) is 5.63 Å². The molecule has 1 aromatic heterocycles. The van der Waals surface area contributed by atoms with E-state index in [1.54, 1.807) is 19.1 Å². The largest absolute Gasteiger partial charge is 0.489 e. The first-order chi connectivity index (χ1) is 11.1. The van der Waals surface area contributed by atoms with Gasteiger partial charge in [0.25, 0.3) is 0 Å². The predicted octanol–water partition coefficient (Wildman–Crippen LogP) is 4.04. The Balaban J connectivity index is 1.91. The normalized spacial score (nSPS) is 12.4. The average Bonchev–Trinajstić information content (AvgIpc) is 2.54. The zero-order valence-electron chi connectivity index (χ0n) is 13.4. The summed E-state index contributed by atoms with van der Waals surface area (Å²) in [5.41, 5.74) is 2.10. The van der Waals surface area contributed by atoms with Gasteiger partial charge < -0.3 is 9.15 Å². The van der Waals surface area contributed by atoms with E-state index in [0.29, 0.717) is 17.9 Å². The fourth-order valence-electron chi connectivity index (χ4n) is 2.09. The quantitative estimate of drug-likeness (QED) is 0.335. The lowest BCUT2D eigenvalue weighted by atomic mass is 10.1. The molecule has 23 heavy (non-hydrogen) atoms. The summed E-state index contributed by atoms with van der Waals surface area (Å²) in [7, 11) is 0. The molecule has 0 unspecified atom stereocenters. The number of fused-ring (bicyclic) bond motifs is 1. The third-order valence-corrected chi connectivity index (χ3v) is 3.47. The van der Waals surface area contributed by atoms with Crippen molar-refractivity contribution in [3.63, 3.8) is 0 Å². The summed E-state index contributed by atoms with van der Waals surface area (Å²) < 4.78 is 10.8. The third kappa shape index (κ3) is 5.25. The van der Waals surface area contributed by atoms with Gasteiger partial charge in [-0.25, -0.2) is 4.79 Å². The molecule has 0 aliphatic rings. The van der Waals surface area contributed by atoms with Gasteiger partial charge in [-0.1, -0.05) is 11.6 Å². The number of hydrogen-bond donors (Lipinski definition) is 0. The molecule has 0 fully saturated rings. The molecule has 0 amide bonds. The Labute approximate surface area is 135 Å². The summed E-state index contributed by atoms with van der Waals surface area (Å²) in [5.74, 6) is 0.660. The van der Waals surface area contributed by atoms with E-state index in [0.717, 1.165) is 30.1 Å². The van der Waals surface area contributed by atoms with Crippen molar-refractivity contribution in [1.82, 2.24) is 0 Å². The van der Waals surface area contributed by atoms with Crippen molar-refractivity contribution in [2.45, 2.75) is 26.7 Å². The Morgan fingerprint density at radius 1 is 1.17 bits per heavy atom. The van der Waals surface area contributed by atoms with Crippen molar-refractivity contribution in [1.29, 1.82) is 0 Å². The molecule has 0 atom stereocenters. The number of aldehydes is 1. The number of benzene rings is 1. The average molecular weight is 312 g/mol. The topological polar surface area (TPSA) is 56.5 Å². The van der Waals surface area contributed by atoms with Crippen LogP contribution in [0.3, 0.4) is 0 Å². The van der Waals surface area contributed by atoms with Crippen LogP contribution in [0.4, 0.5) is 0 Å². The third-order valence-electron chi connectivity index (χ3n) is 3.47. The van der Waals surface area contributed by atoms with Crippen LogP contribution >= 0.6 is 0 Å². The Kier molecular flexibility index (Phi) is 5.92. The Bertz CT molecular complexity index is 796. The number of rotatable bonds is 7. The van der Waals surface area contributed by atoms with Gasteiger partial charge in [-0.05, 0) is 56.5 Å². The summed E-state index contributed by atoms with van der Waals surface area (Å²) in [4.78, 5) is 21.7. The molecule has 0 saturated heterocycles. The number of ether oxygens (including phenoxy) is 1. The molecule has 1 aromatic carbocycles. The molecule has 0 spiro atoms. The van der Waals surface area contributed by atoms with Gasteiger partial charge in [0.15, 0.2) is 0 Å². The summed E-state index contributed by atoms with van der Waals surface area (Å²) in [6, 6.07) is 8.55. The van der Waals surface area contributed by atoms with Gasteiger partial charge in [0.2, 0.25) is 0 Å². The highest BCUT2D eigenvalue weighted by Gasteiger charge is 2.00. The molecule has 2 aromatic rings. The highest BCUT2D eigenvalue weighted by atomic mass is 16.5. The summed E-state index contributed by atoms with van der Waals surface area (Å²) >= 11 is 0. The first-order valence-corrected chi connectivity index (χ1v) is 7.53. The number of carbonyl (C=O) groups excluding carboxylic acids is 1. The van der Waals surface area contributed by atoms with Crippen LogP contribution in [-0.4, -0.2) is 12.9 Å². The first-order valence-electron chi connectivity index (χ1n) is 7.53. The molecule has 120 valence electrons. The minimum atomic E-state index is -0.371. The maximum atomic E-state index is 11.2. The minimum Gasteiger partial charge on any atom is -0.489 e. The van der Waals surface area contributed by atoms with Crippen LogP contribution in [0.2, 0.25) is 0 Å². The van der Waals surface area contributed by atoms with E-state index >= 15 is 0 Å². The maximum Gasteiger partial charge on any atom is 0.336 e. The van der Waals surface area contributed by atoms with E-state index in [1.165, 1.54) is 11.6 Å². The van der Waals surface area contributed by atoms with Gasteiger partial charge in [-0.15, -0.1) is 0 Å². The van der Waals surface area contributed by atoms with Crippen molar-refractivity contribution in [3.8, 4) is 5.75 Å². The standard InChI is InChI=1S/C19H20O4/c1-14(4-3-5-15(2)13-20)10-11-22-17-8-6-16-7-9-19(21)23-18(16)12-17/h5-10,12-13H,3-4,11H2,1-2H3. The SMILES string of the molecule is CC(C=O)=CCCC(C)=CCOc1ccc2ccc(=O)oc2c1. The molecule has 0 aliphatic carbocycles. The smallest absolute Gasteiger partial charge is 0.336 e. The Hall–Kier alpha value is -2.62. The zero-order valence-corrected chi connectivity index (χ0v) is 13.4. The van der Waals surface area contributed by atoms with Gasteiger partial charge in [0, 0.05) is 17.5 Å². The number of hydrogen-bond acceptors (Lipinski definition) is 4. The molecule has 0 aliphatic heterocycles. The maximum absolute atomic E-state index is 11.2. The number of carbonyl (C=O) groups is 1. The molecule has 2 rings (SSSR count). The predicted molar refractivity (Wildman–Crippen MR) is 90.8 cm³/mol. The summed E-state index contributed by atoms with van der Waals surface area (Å²) in [6.45, 7) is 4.28. The summed E-state index contributed by atoms with van der Waals surface area (Å²) in [6.07, 6.45) is 6.53. The fourth-order valence-corrected chi connectivity index (χ4v) is 2.09. The zero-order chi connectivity index (χ0) is 16.7. The molecule has 0 bridgehead atoms. The van der Waals surface area contributed by atoms with Gasteiger partial charge in [-0.3, -0.25) is 4.79 Å². The van der Waals surface area contributed by atoms with Gasteiger partial charge >= 0.3 is 5.63 Å². The van der Waals surface area contributed by atoms with Gasteiger partial charge in [0.1, 0.15) is 24.2 Å². The first kappa shape index (κ1) is 16.7. The van der Waals surface area contributed by atoms with E-state index in [1.807, 2.05) is 31.2 Å². The van der Waals surface area contributed by atoms with Gasteiger partial charge in [0.05, 0.1) is 0 Å². The van der Waals surface area contributed by atoms with Crippen LogP contribution < -0.4 is 10.4 Å². The minimum absolute atomic E-state index is 0.371. The van der Waals surface area contributed by atoms with E-state index in [2.05, 4.69) is 0 Å². The van der Waals surface area contributed by atoms with Crippen molar-refractivity contribution in [2.24, 2.45) is 0 Å². The van der Waals surface area contributed by atoms with Crippen LogP contribution in [0, 0.1) is 0 Å². The molecule has 4 nitrogen and oxygen atoms in total. The van der Waals surface area contributed by atoms with Crippen molar-refractivity contribution < 1.29 is 13.9 Å². The second kappa shape index (κ2) is 8.13. The molecule has 0 saturated carbocycles. The van der Waals surface area contributed by atoms with E-state index in [4.69, 9.17) is 9.15 Å². The number of allylic oxidation sites excluding steroid dienone is 3. The summed E-state index contributed by atoms with van der Waals surface area (Å²) in [5, 5.41) is 0.862. The lowest BCUT2D eigenvalue weighted by Crippen LogP contribution is -1.97. The lowest BCUT2D eigenvalue weighted by Gasteiger charge is -2.05. The highest BCUT2D eigenvalue weighted by Crippen LogP contribution is 2.19. The molecule has 1 heterocycles. The van der Waals surface area contributed by atoms with E-state index in [9.17, 15) is 9.59 Å². The van der Waals surface area contributed by atoms with Gasteiger partial charge in [-0.2, -0.15) is 0 Å². The van der Waals surface area contributed by atoms with Crippen molar-refractivity contribution in [3.05, 3.63) is 64.1 Å². The van der Waals surface area contributed by atoms with E-state index < -0.39 is 0 Å². The Morgan fingerprint density at radius 3 is 2.74 bits per heavy atom. The van der Waals surface area contributed by atoms with Crippen LogP contribution in [-0.2, 0) is 4.79 Å². The molecular weight excluding hydrogens is 292 g/mol. The molecule has 0 N–H and O–H groups in total. The molecule has 0 radical (unpaired) electrons. The van der Waals surface area contributed by atoms with Crippen LogP contribution in [0.25, 0.3) is 11.0 Å². The van der Waals surface area contributed by atoms with Crippen molar-refractivity contribution >= 4 is 17.3 Å². The van der Waals surface area contributed by atoms with Crippen LogP contribution in [0.5, 0.6) is 5.75 Å².